The maximum Gasteiger partial charge on any atom is 0.0497 e. The highest BCUT2D eigenvalue weighted by molar-refractivity contribution is 5.17. The second-order valence-corrected chi connectivity index (χ2v) is 5.53. The molecule has 2 unspecified atom stereocenters. The number of hydrogen-bond donors (Lipinski definition) is 1. The molecule has 2 rings (SSSR count). The molecule has 0 spiro atoms. The largest absolute Gasteiger partial charge is 0.326 e. The summed E-state index contributed by atoms with van der Waals surface area (Å²) in [7, 11) is 2.21. The third-order valence-corrected chi connectivity index (χ3v) is 4.17. The van der Waals surface area contributed by atoms with Crippen LogP contribution in [0.15, 0.2) is 24.5 Å². The molecule has 18 heavy (non-hydrogen) atoms. The fourth-order valence-electron chi connectivity index (χ4n) is 2.81. The smallest absolute Gasteiger partial charge is 0.0497 e. The van der Waals surface area contributed by atoms with E-state index in [0.717, 1.165) is 12.3 Å². The van der Waals surface area contributed by atoms with Gasteiger partial charge in [-0.1, -0.05) is 13.3 Å². The topological polar surface area (TPSA) is 42.1 Å². The second-order valence-electron chi connectivity index (χ2n) is 5.53. The third-order valence-electron chi connectivity index (χ3n) is 4.17. The lowest BCUT2D eigenvalue weighted by atomic mass is 9.84. The van der Waals surface area contributed by atoms with Gasteiger partial charge >= 0.3 is 0 Å². The standard InChI is InChI=1S/C15H25N3/c1-3-14(16)15(13-7-9-17-10-8-13)18(2)11-12-5-4-6-12/h7-10,12,14-15H,3-6,11,16H2,1-2H3. The molecule has 1 saturated carbocycles. The first kappa shape index (κ1) is 13.5. The third kappa shape index (κ3) is 3.09. The van der Waals surface area contributed by atoms with Crippen LogP contribution in [-0.2, 0) is 0 Å². The van der Waals surface area contributed by atoms with E-state index in [9.17, 15) is 0 Å². The van der Waals surface area contributed by atoms with Gasteiger partial charge < -0.3 is 5.73 Å². The molecule has 0 bridgehead atoms. The summed E-state index contributed by atoms with van der Waals surface area (Å²) in [5.41, 5.74) is 7.62. The summed E-state index contributed by atoms with van der Waals surface area (Å²) in [6.45, 7) is 3.33. The Kier molecular flexibility index (Phi) is 4.72. The second kappa shape index (κ2) is 6.30. The van der Waals surface area contributed by atoms with Gasteiger partial charge in [-0.3, -0.25) is 9.88 Å². The van der Waals surface area contributed by atoms with Crippen molar-refractivity contribution in [3.05, 3.63) is 30.1 Å². The maximum atomic E-state index is 6.32. The van der Waals surface area contributed by atoms with Crippen LogP contribution in [0.25, 0.3) is 0 Å². The molecule has 3 heteroatoms. The summed E-state index contributed by atoms with van der Waals surface area (Å²) in [5, 5.41) is 0. The molecule has 100 valence electrons. The van der Waals surface area contributed by atoms with Crippen molar-refractivity contribution < 1.29 is 0 Å². The molecular formula is C15H25N3. The quantitative estimate of drug-likeness (QED) is 0.840. The SMILES string of the molecule is CCC(N)C(c1ccncc1)N(C)CC1CCC1. The average Bonchev–Trinajstić information content (AvgIpc) is 2.35. The highest BCUT2D eigenvalue weighted by Gasteiger charge is 2.27. The van der Waals surface area contributed by atoms with E-state index in [-0.39, 0.29) is 6.04 Å². The molecular weight excluding hydrogens is 222 g/mol. The molecule has 1 fully saturated rings. The molecule has 0 amide bonds. The Morgan fingerprint density at radius 2 is 2.06 bits per heavy atom. The van der Waals surface area contributed by atoms with Crippen molar-refractivity contribution in [3.63, 3.8) is 0 Å². The monoisotopic (exact) mass is 247 g/mol. The van der Waals surface area contributed by atoms with E-state index in [1.165, 1.54) is 31.4 Å². The minimum absolute atomic E-state index is 0.192. The van der Waals surface area contributed by atoms with Gasteiger partial charge in [0.25, 0.3) is 0 Å². The van der Waals surface area contributed by atoms with E-state index in [2.05, 4.69) is 36.0 Å². The number of hydrogen-bond acceptors (Lipinski definition) is 3. The molecule has 2 atom stereocenters. The summed E-state index contributed by atoms with van der Waals surface area (Å²) >= 11 is 0. The van der Waals surface area contributed by atoms with E-state index >= 15 is 0 Å². The number of likely N-dealkylation sites (N-methyl/N-ethyl adjacent to an activating group) is 1. The zero-order valence-corrected chi connectivity index (χ0v) is 11.5. The van der Waals surface area contributed by atoms with Crippen molar-refractivity contribution >= 4 is 0 Å². The van der Waals surface area contributed by atoms with Crippen molar-refractivity contribution in [3.8, 4) is 0 Å². The van der Waals surface area contributed by atoms with Gasteiger partial charge in [0.1, 0.15) is 0 Å². The van der Waals surface area contributed by atoms with Crippen molar-refractivity contribution in [2.75, 3.05) is 13.6 Å². The number of nitrogens with two attached hydrogens (primary N) is 1. The molecule has 2 N–H and O–H groups in total. The Hall–Kier alpha value is -0.930. The highest BCUT2D eigenvalue weighted by atomic mass is 15.1. The first-order chi connectivity index (χ1) is 8.72. The lowest BCUT2D eigenvalue weighted by Gasteiger charge is -2.37. The Labute approximate surface area is 110 Å². The molecule has 1 aromatic heterocycles. The lowest BCUT2D eigenvalue weighted by Crippen LogP contribution is -2.41. The van der Waals surface area contributed by atoms with Crippen molar-refractivity contribution in [1.82, 2.24) is 9.88 Å². The van der Waals surface area contributed by atoms with Crippen LogP contribution >= 0.6 is 0 Å². The Morgan fingerprint density at radius 3 is 2.56 bits per heavy atom. The molecule has 0 radical (unpaired) electrons. The van der Waals surface area contributed by atoms with Gasteiger partial charge in [0, 0.05) is 31.0 Å². The Balaban J connectivity index is 2.08. The van der Waals surface area contributed by atoms with E-state index in [4.69, 9.17) is 5.73 Å². The summed E-state index contributed by atoms with van der Waals surface area (Å²) in [4.78, 5) is 6.54. The van der Waals surface area contributed by atoms with Crippen molar-refractivity contribution in [2.45, 2.75) is 44.7 Å². The number of nitrogens with zero attached hydrogens (tertiary/aromatic N) is 2. The summed E-state index contributed by atoms with van der Waals surface area (Å²) < 4.78 is 0. The molecule has 0 aliphatic heterocycles. The zero-order valence-electron chi connectivity index (χ0n) is 11.5. The minimum atomic E-state index is 0.192. The number of aromatic nitrogens is 1. The molecule has 1 heterocycles. The normalized spacial score (nSPS) is 19.6. The van der Waals surface area contributed by atoms with Gasteiger partial charge in [-0.25, -0.2) is 0 Å². The molecule has 3 nitrogen and oxygen atoms in total. The van der Waals surface area contributed by atoms with Crippen molar-refractivity contribution in [2.24, 2.45) is 11.7 Å². The van der Waals surface area contributed by atoms with Crippen LogP contribution in [0.5, 0.6) is 0 Å². The molecule has 1 aromatic rings. The first-order valence-corrected chi connectivity index (χ1v) is 7.08. The van der Waals surface area contributed by atoms with Gasteiger partial charge in [0.05, 0.1) is 0 Å². The van der Waals surface area contributed by atoms with Crippen LogP contribution in [0.2, 0.25) is 0 Å². The average molecular weight is 247 g/mol. The molecule has 0 saturated heterocycles. The first-order valence-electron chi connectivity index (χ1n) is 7.08. The van der Waals surface area contributed by atoms with Crippen LogP contribution in [0.3, 0.4) is 0 Å². The zero-order chi connectivity index (χ0) is 13.0. The number of pyridine rings is 1. The van der Waals surface area contributed by atoms with E-state index < -0.39 is 0 Å². The lowest BCUT2D eigenvalue weighted by molar-refractivity contribution is 0.144. The van der Waals surface area contributed by atoms with E-state index in [1.54, 1.807) is 0 Å². The van der Waals surface area contributed by atoms with Crippen LogP contribution < -0.4 is 5.73 Å². The highest BCUT2D eigenvalue weighted by Crippen LogP contribution is 2.31. The van der Waals surface area contributed by atoms with Gasteiger partial charge in [-0.05, 0) is 49.9 Å². The van der Waals surface area contributed by atoms with Gasteiger partial charge in [0.2, 0.25) is 0 Å². The summed E-state index contributed by atoms with van der Waals surface area (Å²) in [5.74, 6) is 0.878. The van der Waals surface area contributed by atoms with Gasteiger partial charge in [-0.15, -0.1) is 0 Å². The summed E-state index contributed by atoms with van der Waals surface area (Å²) in [6.07, 6.45) is 8.90. The fraction of sp³-hybridized carbons (Fsp3) is 0.667. The van der Waals surface area contributed by atoms with Gasteiger partial charge in [0.15, 0.2) is 0 Å². The maximum absolute atomic E-state index is 6.32. The molecule has 1 aliphatic rings. The Morgan fingerprint density at radius 1 is 1.39 bits per heavy atom. The Bertz CT molecular complexity index is 348. The molecule has 0 aromatic carbocycles. The molecule has 1 aliphatic carbocycles. The van der Waals surface area contributed by atoms with E-state index in [0.29, 0.717) is 6.04 Å². The fourth-order valence-corrected chi connectivity index (χ4v) is 2.81. The number of rotatable bonds is 6. The minimum Gasteiger partial charge on any atom is -0.326 e. The predicted octanol–water partition coefficient (Wildman–Crippen LogP) is 2.59. The van der Waals surface area contributed by atoms with Crippen LogP contribution in [0, 0.1) is 5.92 Å². The van der Waals surface area contributed by atoms with Crippen molar-refractivity contribution in [1.29, 1.82) is 0 Å². The van der Waals surface area contributed by atoms with Crippen LogP contribution in [0.4, 0.5) is 0 Å². The predicted molar refractivity (Wildman–Crippen MR) is 75.2 cm³/mol. The van der Waals surface area contributed by atoms with Gasteiger partial charge in [-0.2, -0.15) is 0 Å². The van der Waals surface area contributed by atoms with E-state index in [1.807, 2.05) is 12.4 Å². The van der Waals surface area contributed by atoms with Crippen LogP contribution in [0.1, 0.15) is 44.2 Å². The summed E-state index contributed by atoms with van der Waals surface area (Å²) in [6, 6.07) is 4.70. The van der Waals surface area contributed by atoms with Crippen LogP contribution in [-0.4, -0.2) is 29.5 Å².